The van der Waals surface area contributed by atoms with Gasteiger partial charge in [0.1, 0.15) is 6.33 Å². The molecule has 0 N–H and O–H groups in total. The van der Waals surface area contributed by atoms with Crippen LogP contribution in [0.1, 0.15) is 30.4 Å². The van der Waals surface area contributed by atoms with Crippen molar-refractivity contribution in [3.8, 4) is 0 Å². The molecule has 25 heavy (non-hydrogen) atoms. The third-order valence-corrected chi connectivity index (χ3v) is 4.49. The fraction of sp³-hybridized carbons (Fsp3) is 0.412. The highest BCUT2D eigenvalue weighted by Crippen LogP contribution is 2.24. The van der Waals surface area contributed by atoms with Gasteiger partial charge in [-0.2, -0.15) is 0 Å². The Bertz CT molecular complexity index is 878. The number of hydrogen-bond donors (Lipinski definition) is 0. The summed E-state index contributed by atoms with van der Waals surface area (Å²) in [6.45, 7) is 6.84. The van der Waals surface area contributed by atoms with Crippen molar-refractivity contribution in [3.63, 3.8) is 0 Å². The fourth-order valence-electron chi connectivity index (χ4n) is 3.13. The number of carbonyl (C=O) groups is 1. The maximum absolute atomic E-state index is 12.4. The summed E-state index contributed by atoms with van der Waals surface area (Å²) in [6, 6.07) is 3.71. The first-order valence-corrected chi connectivity index (χ1v) is 8.40. The smallest absolute Gasteiger partial charge is 0.289 e. The summed E-state index contributed by atoms with van der Waals surface area (Å²) in [7, 11) is 0. The predicted molar refractivity (Wildman–Crippen MR) is 92.5 cm³/mol. The van der Waals surface area contributed by atoms with Crippen molar-refractivity contribution in [1.82, 2.24) is 24.4 Å². The molecule has 3 aromatic heterocycles. The van der Waals surface area contributed by atoms with E-state index in [9.17, 15) is 4.79 Å². The van der Waals surface area contributed by atoms with E-state index in [4.69, 9.17) is 4.42 Å². The molecule has 8 nitrogen and oxygen atoms in total. The summed E-state index contributed by atoms with van der Waals surface area (Å²) in [5.41, 5.74) is 1.65. The van der Waals surface area contributed by atoms with Gasteiger partial charge in [0.25, 0.3) is 5.91 Å². The number of amides is 1. The zero-order valence-electron chi connectivity index (χ0n) is 14.3. The molecular formula is C17H20N6O2. The van der Waals surface area contributed by atoms with Gasteiger partial charge in [-0.05, 0) is 26.0 Å². The monoisotopic (exact) mass is 340 g/mol. The molecule has 1 fully saturated rings. The van der Waals surface area contributed by atoms with Gasteiger partial charge in [0.05, 0.1) is 12.6 Å². The Balaban J connectivity index is 1.53. The second-order valence-corrected chi connectivity index (χ2v) is 6.37. The first kappa shape index (κ1) is 15.6. The van der Waals surface area contributed by atoms with Gasteiger partial charge in [-0.25, -0.2) is 15.0 Å². The highest BCUT2D eigenvalue weighted by molar-refractivity contribution is 5.91. The molecule has 1 aliphatic rings. The lowest BCUT2D eigenvalue weighted by Crippen LogP contribution is -2.49. The molecular weight excluding hydrogens is 320 g/mol. The van der Waals surface area contributed by atoms with Gasteiger partial charge < -0.3 is 18.8 Å². The molecule has 1 aliphatic heterocycles. The number of furan rings is 1. The summed E-state index contributed by atoms with van der Waals surface area (Å²) in [5.74, 6) is 1.14. The van der Waals surface area contributed by atoms with Crippen molar-refractivity contribution in [1.29, 1.82) is 0 Å². The molecule has 0 aromatic carbocycles. The first-order chi connectivity index (χ1) is 12.1. The van der Waals surface area contributed by atoms with Crippen LogP contribution in [0.25, 0.3) is 11.2 Å². The Morgan fingerprint density at radius 1 is 1.16 bits per heavy atom. The highest BCUT2D eigenvalue weighted by Gasteiger charge is 2.26. The zero-order valence-corrected chi connectivity index (χ0v) is 14.3. The normalized spacial score (nSPS) is 15.3. The second kappa shape index (κ2) is 6.19. The number of anilines is 1. The lowest BCUT2D eigenvalue weighted by molar-refractivity contribution is 0.0714. The number of nitrogens with zero attached hydrogens (tertiary/aromatic N) is 6. The Kier molecular flexibility index (Phi) is 3.87. The van der Waals surface area contributed by atoms with E-state index in [0.29, 0.717) is 31.9 Å². The van der Waals surface area contributed by atoms with E-state index < -0.39 is 0 Å². The number of imidazole rings is 1. The van der Waals surface area contributed by atoms with Crippen molar-refractivity contribution in [3.05, 3.63) is 36.8 Å². The van der Waals surface area contributed by atoms with E-state index in [0.717, 1.165) is 17.0 Å². The number of carbonyl (C=O) groups excluding carboxylic acids is 1. The topological polar surface area (TPSA) is 80.3 Å². The van der Waals surface area contributed by atoms with E-state index in [2.05, 4.69) is 33.7 Å². The van der Waals surface area contributed by atoms with E-state index in [-0.39, 0.29) is 11.9 Å². The molecule has 0 unspecified atom stereocenters. The van der Waals surface area contributed by atoms with Crippen LogP contribution in [-0.4, -0.2) is 56.5 Å². The third-order valence-electron chi connectivity index (χ3n) is 4.49. The van der Waals surface area contributed by atoms with Gasteiger partial charge in [0.15, 0.2) is 22.7 Å². The lowest BCUT2D eigenvalue weighted by Gasteiger charge is -2.34. The highest BCUT2D eigenvalue weighted by atomic mass is 16.3. The number of fused-ring (bicyclic) bond motifs is 1. The molecule has 0 radical (unpaired) electrons. The summed E-state index contributed by atoms with van der Waals surface area (Å²) < 4.78 is 7.24. The Hall–Kier alpha value is -2.90. The van der Waals surface area contributed by atoms with E-state index in [1.165, 1.54) is 6.26 Å². The maximum Gasteiger partial charge on any atom is 0.289 e. The van der Waals surface area contributed by atoms with E-state index in [1.807, 2.05) is 10.9 Å². The maximum atomic E-state index is 12.4. The molecule has 0 atom stereocenters. The quantitative estimate of drug-likeness (QED) is 0.725. The van der Waals surface area contributed by atoms with Crippen LogP contribution in [0.15, 0.2) is 35.5 Å². The number of hydrogen-bond acceptors (Lipinski definition) is 6. The molecule has 1 amide bonds. The van der Waals surface area contributed by atoms with Crippen LogP contribution in [0.2, 0.25) is 0 Å². The van der Waals surface area contributed by atoms with Crippen LogP contribution in [-0.2, 0) is 0 Å². The van der Waals surface area contributed by atoms with Crippen LogP contribution in [0, 0.1) is 0 Å². The van der Waals surface area contributed by atoms with Gasteiger partial charge in [0.2, 0.25) is 0 Å². The number of rotatable bonds is 3. The van der Waals surface area contributed by atoms with Gasteiger partial charge >= 0.3 is 0 Å². The van der Waals surface area contributed by atoms with Crippen LogP contribution < -0.4 is 4.90 Å². The largest absolute Gasteiger partial charge is 0.459 e. The molecule has 3 aromatic rings. The van der Waals surface area contributed by atoms with Gasteiger partial charge in [-0.15, -0.1) is 0 Å². The predicted octanol–water partition coefficient (Wildman–Crippen LogP) is 1.96. The van der Waals surface area contributed by atoms with Gasteiger partial charge in [0, 0.05) is 32.2 Å². The minimum atomic E-state index is -0.0680. The Morgan fingerprint density at radius 3 is 2.64 bits per heavy atom. The third kappa shape index (κ3) is 2.73. The van der Waals surface area contributed by atoms with Crippen molar-refractivity contribution in [2.75, 3.05) is 31.1 Å². The van der Waals surface area contributed by atoms with Crippen molar-refractivity contribution < 1.29 is 9.21 Å². The molecule has 0 aliphatic carbocycles. The lowest BCUT2D eigenvalue weighted by atomic mass is 10.2. The number of aromatic nitrogens is 4. The van der Waals surface area contributed by atoms with Crippen LogP contribution in [0.3, 0.4) is 0 Å². The SMILES string of the molecule is CC(C)n1cnc2c(N3CCN(C(=O)c4ccco4)CC3)ncnc21. The van der Waals surface area contributed by atoms with Crippen molar-refractivity contribution >= 4 is 22.9 Å². The fourth-order valence-corrected chi connectivity index (χ4v) is 3.13. The molecule has 4 heterocycles. The molecule has 8 heteroatoms. The summed E-state index contributed by atoms with van der Waals surface area (Å²) >= 11 is 0. The minimum Gasteiger partial charge on any atom is -0.459 e. The summed E-state index contributed by atoms with van der Waals surface area (Å²) in [4.78, 5) is 29.7. The van der Waals surface area contributed by atoms with Crippen LogP contribution in [0.5, 0.6) is 0 Å². The second-order valence-electron chi connectivity index (χ2n) is 6.37. The average Bonchev–Trinajstić information content (AvgIpc) is 3.30. The standard InChI is InChI=1S/C17H20N6O2/c1-12(2)23-11-20-14-15(18-10-19-16(14)23)21-5-7-22(8-6-21)17(24)13-4-3-9-25-13/h3-4,9-12H,5-8H2,1-2H3. The zero-order chi connectivity index (χ0) is 17.4. The van der Waals surface area contributed by atoms with E-state index >= 15 is 0 Å². The molecule has 0 bridgehead atoms. The molecule has 4 rings (SSSR count). The van der Waals surface area contributed by atoms with Gasteiger partial charge in [-0.1, -0.05) is 0 Å². The molecule has 130 valence electrons. The van der Waals surface area contributed by atoms with Crippen molar-refractivity contribution in [2.45, 2.75) is 19.9 Å². The van der Waals surface area contributed by atoms with Crippen molar-refractivity contribution in [2.24, 2.45) is 0 Å². The summed E-state index contributed by atoms with van der Waals surface area (Å²) in [5, 5.41) is 0. The van der Waals surface area contributed by atoms with Crippen LogP contribution >= 0.6 is 0 Å². The Morgan fingerprint density at radius 2 is 1.96 bits per heavy atom. The van der Waals surface area contributed by atoms with Crippen LogP contribution in [0.4, 0.5) is 5.82 Å². The van der Waals surface area contributed by atoms with E-state index in [1.54, 1.807) is 23.4 Å². The number of piperazine rings is 1. The molecule has 0 spiro atoms. The minimum absolute atomic E-state index is 0.0680. The first-order valence-electron chi connectivity index (χ1n) is 8.40. The average molecular weight is 340 g/mol. The summed E-state index contributed by atoms with van der Waals surface area (Å²) in [6.07, 6.45) is 4.91. The van der Waals surface area contributed by atoms with Gasteiger partial charge in [-0.3, -0.25) is 4.79 Å². The molecule has 0 saturated carbocycles. The Labute approximate surface area is 145 Å². The molecule has 1 saturated heterocycles.